The maximum absolute atomic E-state index is 10.7. The van der Waals surface area contributed by atoms with Gasteiger partial charge in [-0.3, -0.25) is 0 Å². The summed E-state index contributed by atoms with van der Waals surface area (Å²) < 4.78 is 5.90. The molecule has 0 radical (unpaired) electrons. The molecule has 1 aliphatic rings. The van der Waals surface area contributed by atoms with Crippen molar-refractivity contribution in [2.24, 2.45) is 0 Å². The van der Waals surface area contributed by atoms with Crippen molar-refractivity contribution in [1.29, 1.82) is 0 Å². The maximum atomic E-state index is 10.7. The van der Waals surface area contributed by atoms with Gasteiger partial charge in [0.15, 0.2) is 0 Å². The molecule has 0 heterocycles. The van der Waals surface area contributed by atoms with Gasteiger partial charge < -0.3 is 15.2 Å². The molecule has 1 aliphatic carbocycles. The van der Waals surface area contributed by atoms with Gasteiger partial charge in [0.2, 0.25) is 0 Å². The van der Waals surface area contributed by atoms with Gasteiger partial charge in [-0.2, -0.15) is 0 Å². The van der Waals surface area contributed by atoms with Gasteiger partial charge in [0, 0.05) is 0 Å². The Morgan fingerprint density at radius 2 is 1.95 bits per heavy atom. The van der Waals surface area contributed by atoms with Crippen molar-refractivity contribution in [3.05, 3.63) is 35.4 Å². The van der Waals surface area contributed by atoms with Crippen LogP contribution in [0.2, 0.25) is 0 Å². The Balaban J connectivity index is 1.89. The fourth-order valence-corrected chi connectivity index (χ4v) is 2.75. The molecule has 0 aliphatic heterocycles. The monoisotopic (exact) mass is 291 g/mol. The van der Waals surface area contributed by atoms with E-state index in [1.807, 2.05) is 0 Å². The summed E-state index contributed by atoms with van der Waals surface area (Å²) in [5.74, 6) is 0. The first-order valence-corrected chi connectivity index (χ1v) is 7.57. The number of carboxylic acid groups (broad SMARTS) is 1. The third kappa shape index (κ3) is 4.46. The van der Waals surface area contributed by atoms with Crippen LogP contribution in [-0.4, -0.2) is 23.3 Å². The predicted molar refractivity (Wildman–Crippen MR) is 82.5 cm³/mol. The minimum absolute atomic E-state index is 0.0107. The van der Waals surface area contributed by atoms with E-state index in [2.05, 4.69) is 50.4 Å². The zero-order valence-corrected chi connectivity index (χ0v) is 13.1. The van der Waals surface area contributed by atoms with Crippen LogP contribution in [0.1, 0.15) is 51.2 Å². The van der Waals surface area contributed by atoms with Crippen LogP contribution >= 0.6 is 0 Å². The molecule has 1 aromatic rings. The molecular formula is C17H25NO3. The number of carbonyl (C=O) groups is 1. The van der Waals surface area contributed by atoms with E-state index in [1.54, 1.807) is 0 Å². The number of hydrogen-bond acceptors (Lipinski definition) is 2. The lowest BCUT2D eigenvalue weighted by Gasteiger charge is -2.21. The lowest BCUT2D eigenvalue weighted by atomic mass is 9.87. The summed E-state index contributed by atoms with van der Waals surface area (Å²) in [7, 11) is 0. The molecule has 1 aromatic carbocycles. The van der Waals surface area contributed by atoms with E-state index in [4.69, 9.17) is 9.84 Å². The summed E-state index contributed by atoms with van der Waals surface area (Å²) in [6, 6.07) is 8.39. The van der Waals surface area contributed by atoms with Gasteiger partial charge in [-0.1, -0.05) is 45.0 Å². The van der Waals surface area contributed by atoms with E-state index < -0.39 is 6.09 Å². The second kappa shape index (κ2) is 6.48. The first-order valence-electron chi connectivity index (χ1n) is 7.57. The van der Waals surface area contributed by atoms with E-state index in [1.165, 1.54) is 5.56 Å². The summed E-state index contributed by atoms with van der Waals surface area (Å²) >= 11 is 0. The van der Waals surface area contributed by atoms with Crippen molar-refractivity contribution in [2.75, 3.05) is 0 Å². The summed E-state index contributed by atoms with van der Waals surface area (Å²) in [4.78, 5) is 10.7. The Hall–Kier alpha value is -1.55. The highest BCUT2D eigenvalue weighted by Crippen LogP contribution is 2.25. The molecule has 1 amide bonds. The van der Waals surface area contributed by atoms with Crippen LogP contribution in [0.3, 0.4) is 0 Å². The second-order valence-electron chi connectivity index (χ2n) is 6.78. The molecule has 1 saturated carbocycles. The quantitative estimate of drug-likeness (QED) is 0.889. The van der Waals surface area contributed by atoms with Crippen LogP contribution in [0, 0.1) is 0 Å². The van der Waals surface area contributed by atoms with Crippen LogP contribution in [-0.2, 0) is 16.8 Å². The highest BCUT2D eigenvalue weighted by Gasteiger charge is 2.29. The molecule has 116 valence electrons. The van der Waals surface area contributed by atoms with Crippen LogP contribution in [0.4, 0.5) is 4.79 Å². The molecule has 0 saturated heterocycles. The third-order valence-electron chi connectivity index (χ3n) is 4.05. The lowest BCUT2D eigenvalue weighted by molar-refractivity contribution is 0.0283. The summed E-state index contributed by atoms with van der Waals surface area (Å²) in [6.07, 6.45) is 1.82. The minimum Gasteiger partial charge on any atom is -0.465 e. The van der Waals surface area contributed by atoms with Gasteiger partial charge in [0.1, 0.15) is 0 Å². The number of nitrogens with one attached hydrogen (secondary N) is 1. The van der Waals surface area contributed by atoms with Crippen LogP contribution < -0.4 is 5.32 Å². The van der Waals surface area contributed by atoms with Crippen molar-refractivity contribution < 1.29 is 14.6 Å². The molecule has 0 spiro atoms. The zero-order valence-electron chi connectivity index (χ0n) is 13.1. The molecule has 2 atom stereocenters. The Morgan fingerprint density at radius 3 is 2.52 bits per heavy atom. The Morgan fingerprint density at radius 1 is 1.29 bits per heavy atom. The fraction of sp³-hybridized carbons (Fsp3) is 0.588. The van der Waals surface area contributed by atoms with Gasteiger partial charge in [-0.25, -0.2) is 4.79 Å². The van der Waals surface area contributed by atoms with Crippen molar-refractivity contribution in [3.63, 3.8) is 0 Å². The average molecular weight is 291 g/mol. The van der Waals surface area contributed by atoms with Gasteiger partial charge >= 0.3 is 6.09 Å². The smallest absolute Gasteiger partial charge is 0.404 e. The highest BCUT2D eigenvalue weighted by molar-refractivity contribution is 5.65. The molecule has 0 bridgehead atoms. The summed E-state index contributed by atoms with van der Waals surface area (Å²) in [6.45, 7) is 7.12. The maximum Gasteiger partial charge on any atom is 0.404 e. The van der Waals surface area contributed by atoms with Crippen LogP contribution in [0.25, 0.3) is 0 Å². The molecule has 2 rings (SSSR count). The van der Waals surface area contributed by atoms with Crippen molar-refractivity contribution >= 4 is 6.09 Å². The van der Waals surface area contributed by atoms with Gasteiger partial charge in [0.05, 0.1) is 18.8 Å². The molecule has 2 N–H and O–H groups in total. The van der Waals surface area contributed by atoms with E-state index in [0.29, 0.717) is 6.61 Å². The number of ether oxygens (including phenoxy) is 1. The fourth-order valence-electron chi connectivity index (χ4n) is 2.75. The van der Waals surface area contributed by atoms with E-state index >= 15 is 0 Å². The molecule has 4 nitrogen and oxygen atoms in total. The van der Waals surface area contributed by atoms with Crippen LogP contribution in [0.15, 0.2) is 24.3 Å². The standard InChI is InChI=1S/C17H25NO3/c1-17(2,3)13-9-7-12(8-10-13)11-21-15-6-4-5-14(15)18-16(19)20/h7-10,14-15,18H,4-6,11H2,1-3H3,(H,19,20)/t14-,15-/m1/s1. The third-order valence-corrected chi connectivity index (χ3v) is 4.05. The molecule has 4 heteroatoms. The van der Waals surface area contributed by atoms with Crippen molar-refractivity contribution in [1.82, 2.24) is 5.32 Å². The summed E-state index contributed by atoms with van der Waals surface area (Å²) in [5, 5.41) is 11.4. The first-order chi connectivity index (χ1) is 9.86. The van der Waals surface area contributed by atoms with Crippen LogP contribution in [0.5, 0.6) is 0 Å². The van der Waals surface area contributed by atoms with E-state index in [0.717, 1.165) is 24.8 Å². The predicted octanol–water partition coefficient (Wildman–Crippen LogP) is 3.69. The van der Waals surface area contributed by atoms with Gasteiger partial charge in [-0.05, 0) is 35.8 Å². The lowest BCUT2D eigenvalue weighted by Crippen LogP contribution is -2.40. The minimum atomic E-state index is -0.968. The topological polar surface area (TPSA) is 58.6 Å². The van der Waals surface area contributed by atoms with Crippen molar-refractivity contribution in [3.8, 4) is 0 Å². The van der Waals surface area contributed by atoms with E-state index in [9.17, 15) is 4.79 Å². The van der Waals surface area contributed by atoms with Gasteiger partial charge in [-0.15, -0.1) is 0 Å². The Kier molecular flexibility index (Phi) is 4.88. The number of rotatable bonds is 4. The number of hydrogen-bond donors (Lipinski definition) is 2. The highest BCUT2D eigenvalue weighted by atomic mass is 16.5. The Bertz CT molecular complexity index is 476. The normalized spacial score (nSPS) is 22.2. The van der Waals surface area contributed by atoms with E-state index in [-0.39, 0.29) is 17.6 Å². The second-order valence-corrected chi connectivity index (χ2v) is 6.78. The van der Waals surface area contributed by atoms with Gasteiger partial charge in [0.25, 0.3) is 0 Å². The molecule has 1 fully saturated rings. The Labute approximate surface area is 126 Å². The SMILES string of the molecule is CC(C)(C)c1ccc(CO[C@@H]2CCC[C@H]2NC(=O)O)cc1. The zero-order chi connectivity index (χ0) is 15.5. The molecule has 0 aromatic heterocycles. The average Bonchev–Trinajstić information content (AvgIpc) is 2.82. The molecule has 0 unspecified atom stereocenters. The van der Waals surface area contributed by atoms with Crippen molar-refractivity contribution in [2.45, 2.75) is 64.2 Å². The molecule has 21 heavy (non-hydrogen) atoms. The molecular weight excluding hydrogens is 266 g/mol. The number of amides is 1. The first kappa shape index (κ1) is 15.8. The number of benzene rings is 1. The summed E-state index contributed by atoms with van der Waals surface area (Å²) in [5.41, 5.74) is 2.59. The largest absolute Gasteiger partial charge is 0.465 e.